The minimum atomic E-state index is -4.83. The lowest BCUT2D eigenvalue weighted by molar-refractivity contribution is -0.141. The zero-order valence-electron chi connectivity index (χ0n) is 19.6. The summed E-state index contributed by atoms with van der Waals surface area (Å²) in [4.78, 5) is 11.2. The maximum absolute atomic E-state index is 13.4. The third-order valence-corrected chi connectivity index (χ3v) is 8.87. The lowest BCUT2D eigenvalue weighted by Crippen LogP contribution is -2.43. The molecule has 1 amide bonds. The number of carbonyl (C=O) groups excluding carboxylic acids is 1. The van der Waals surface area contributed by atoms with E-state index in [0.29, 0.717) is 12.1 Å². The molecule has 7 nitrogen and oxygen atoms in total. The highest BCUT2D eigenvalue weighted by Gasteiger charge is 2.47. The van der Waals surface area contributed by atoms with Crippen LogP contribution in [0, 0.1) is 5.41 Å². The zero-order valence-corrected chi connectivity index (χ0v) is 20.4. The Morgan fingerprint density at radius 2 is 1.81 bits per heavy atom. The summed E-state index contributed by atoms with van der Waals surface area (Å²) in [5, 5.41) is 3.56. The number of carbonyl (C=O) groups is 1. The van der Waals surface area contributed by atoms with Gasteiger partial charge < -0.3 is 10.5 Å². The summed E-state index contributed by atoms with van der Waals surface area (Å²) in [6, 6.07) is 4.01. The summed E-state index contributed by atoms with van der Waals surface area (Å²) >= 11 is 0. The molecule has 1 saturated heterocycles. The van der Waals surface area contributed by atoms with E-state index in [9.17, 15) is 39.6 Å². The molecule has 2 atom stereocenters. The summed E-state index contributed by atoms with van der Waals surface area (Å²) in [5.74, 6) is -0.793. The maximum Gasteiger partial charge on any atom is 0.435 e. The molecule has 2 heterocycles. The fourth-order valence-corrected chi connectivity index (χ4v) is 5.77. The van der Waals surface area contributed by atoms with Gasteiger partial charge >= 0.3 is 12.4 Å². The number of amides is 1. The van der Waals surface area contributed by atoms with E-state index in [1.54, 1.807) is 0 Å². The van der Waals surface area contributed by atoms with Crippen LogP contribution in [0.1, 0.15) is 56.7 Å². The van der Waals surface area contributed by atoms with E-state index in [2.05, 4.69) is 5.10 Å². The second-order valence-electron chi connectivity index (χ2n) is 9.65. The monoisotopic (exact) mass is 541 g/mol. The molecule has 1 aromatic heterocycles. The van der Waals surface area contributed by atoms with E-state index in [-0.39, 0.29) is 31.7 Å². The fraction of sp³-hybridized carbons (Fsp3) is 0.545. The second kappa shape index (κ2) is 9.05. The Bertz CT molecular complexity index is 1250. The van der Waals surface area contributed by atoms with Crippen LogP contribution in [0.5, 0.6) is 0 Å². The summed E-state index contributed by atoms with van der Waals surface area (Å²) in [7, 11) is -4.37. The molecule has 36 heavy (non-hydrogen) atoms. The molecule has 14 heteroatoms. The van der Waals surface area contributed by atoms with Gasteiger partial charge in [0, 0.05) is 6.61 Å². The van der Waals surface area contributed by atoms with E-state index >= 15 is 0 Å². The third-order valence-electron chi connectivity index (χ3n) is 6.33. The molecule has 2 aromatic rings. The minimum Gasteiger partial charge on any atom is -0.372 e. The first-order valence-electron chi connectivity index (χ1n) is 10.8. The molecule has 1 aliphatic rings. The van der Waals surface area contributed by atoms with Gasteiger partial charge in [0.1, 0.15) is 6.10 Å². The Hall–Kier alpha value is -2.61. The number of aromatic nitrogens is 2. The van der Waals surface area contributed by atoms with Crippen molar-refractivity contribution >= 4 is 15.7 Å². The molecule has 1 aliphatic heterocycles. The lowest BCUT2D eigenvalue weighted by atomic mass is 9.91. The van der Waals surface area contributed by atoms with Gasteiger partial charge in [0.15, 0.2) is 15.5 Å². The number of nitrogens with two attached hydrogens (primary N) is 1. The predicted molar refractivity (Wildman–Crippen MR) is 115 cm³/mol. The highest BCUT2D eigenvalue weighted by atomic mass is 32.2. The molecule has 0 bridgehead atoms. The first-order valence-corrected chi connectivity index (χ1v) is 12.2. The summed E-state index contributed by atoms with van der Waals surface area (Å²) in [6.07, 6.45) is -11.3. The van der Waals surface area contributed by atoms with Gasteiger partial charge in [-0.3, -0.25) is 9.48 Å². The largest absolute Gasteiger partial charge is 0.435 e. The van der Waals surface area contributed by atoms with Crippen LogP contribution in [0.15, 0.2) is 35.2 Å². The third kappa shape index (κ3) is 5.38. The molecule has 2 unspecified atom stereocenters. The standard InChI is InChI=1S/C22H25F6N3O4S/c1-19(2,18(29)32)12-31-15(10-17(30-31)22(26,27)28)16-11-20(3,7-8-35-16)36(33,34)14-6-4-5-13(9-14)21(23,24)25/h4-6,9-10,16H,7-8,11-12H2,1-3H3,(H2,29,32). The molecule has 0 radical (unpaired) electrons. The van der Waals surface area contributed by atoms with Crippen molar-refractivity contribution in [3.05, 3.63) is 47.3 Å². The summed E-state index contributed by atoms with van der Waals surface area (Å²) in [6.45, 7) is 3.61. The van der Waals surface area contributed by atoms with Crippen LogP contribution in [-0.2, 0) is 38.3 Å². The highest BCUT2D eigenvalue weighted by molar-refractivity contribution is 7.92. The van der Waals surface area contributed by atoms with Crippen molar-refractivity contribution in [3.63, 3.8) is 0 Å². The van der Waals surface area contributed by atoms with Crippen LogP contribution in [-0.4, -0.2) is 35.5 Å². The molecule has 3 rings (SSSR count). The van der Waals surface area contributed by atoms with Crippen LogP contribution >= 0.6 is 0 Å². The van der Waals surface area contributed by atoms with E-state index < -0.39 is 60.5 Å². The minimum absolute atomic E-state index is 0.102. The smallest absolute Gasteiger partial charge is 0.372 e. The lowest BCUT2D eigenvalue weighted by Gasteiger charge is -2.38. The number of ether oxygens (including phenoxy) is 1. The number of benzene rings is 1. The van der Waals surface area contributed by atoms with E-state index in [0.717, 1.165) is 22.9 Å². The van der Waals surface area contributed by atoms with Crippen LogP contribution in [0.2, 0.25) is 0 Å². The molecule has 1 aromatic carbocycles. The van der Waals surface area contributed by atoms with Gasteiger partial charge in [-0.1, -0.05) is 6.07 Å². The number of halogens is 6. The van der Waals surface area contributed by atoms with Crippen LogP contribution in [0.3, 0.4) is 0 Å². The molecule has 2 N–H and O–H groups in total. The van der Waals surface area contributed by atoms with Gasteiger partial charge in [0.05, 0.1) is 32.9 Å². The SMILES string of the molecule is CC(C)(Cn1nc(C(F)(F)F)cc1C1CC(C)(S(=O)(=O)c2cccc(C(F)(F)F)c2)CCO1)C(N)=O. The average molecular weight is 542 g/mol. The number of primary amides is 1. The number of hydrogen-bond acceptors (Lipinski definition) is 5. The van der Waals surface area contributed by atoms with Gasteiger partial charge in [0.2, 0.25) is 5.91 Å². The molecule has 200 valence electrons. The molecule has 1 fully saturated rings. The van der Waals surface area contributed by atoms with Crippen molar-refractivity contribution < 1.29 is 44.3 Å². The Kier molecular flexibility index (Phi) is 7.03. The van der Waals surface area contributed by atoms with E-state index in [1.807, 2.05) is 0 Å². The van der Waals surface area contributed by atoms with Crippen molar-refractivity contribution in [2.24, 2.45) is 11.1 Å². The van der Waals surface area contributed by atoms with Gasteiger partial charge in [-0.2, -0.15) is 31.4 Å². The normalized spacial score (nSPS) is 22.0. The first kappa shape index (κ1) is 28.0. The average Bonchev–Trinajstić information content (AvgIpc) is 3.17. The fourth-order valence-electron chi connectivity index (χ4n) is 3.94. The van der Waals surface area contributed by atoms with Gasteiger partial charge in [-0.05, 0) is 57.9 Å². The predicted octanol–water partition coefficient (Wildman–Crippen LogP) is 4.52. The van der Waals surface area contributed by atoms with Crippen molar-refractivity contribution in [1.82, 2.24) is 9.78 Å². The quantitative estimate of drug-likeness (QED) is 0.542. The van der Waals surface area contributed by atoms with Crippen molar-refractivity contribution in [2.45, 2.75) is 68.3 Å². The topological polar surface area (TPSA) is 104 Å². The molecular formula is C22H25F6N3O4S. The van der Waals surface area contributed by atoms with Crippen LogP contribution < -0.4 is 5.73 Å². The van der Waals surface area contributed by atoms with E-state index in [4.69, 9.17) is 10.5 Å². The van der Waals surface area contributed by atoms with Gasteiger partial charge in [-0.15, -0.1) is 0 Å². The Balaban J connectivity index is 2.03. The second-order valence-corrected chi connectivity index (χ2v) is 12.1. The van der Waals surface area contributed by atoms with E-state index in [1.165, 1.54) is 20.8 Å². The number of hydrogen-bond donors (Lipinski definition) is 1. The molecule has 0 aliphatic carbocycles. The Morgan fingerprint density at radius 3 is 2.36 bits per heavy atom. The van der Waals surface area contributed by atoms with Crippen molar-refractivity contribution in [3.8, 4) is 0 Å². The summed E-state index contributed by atoms with van der Waals surface area (Å²) < 4.78 is 112. The van der Waals surface area contributed by atoms with Gasteiger partial charge in [-0.25, -0.2) is 8.42 Å². The van der Waals surface area contributed by atoms with Gasteiger partial charge in [0.25, 0.3) is 0 Å². The zero-order chi connectivity index (χ0) is 27.3. The Morgan fingerprint density at radius 1 is 1.17 bits per heavy atom. The maximum atomic E-state index is 13.4. The van der Waals surface area contributed by atoms with Crippen molar-refractivity contribution in [2.75, 3.05) is 6.61 Å². The number of alkyl halides is 6. The molecular weight excluding hydrogens is 516 g/mol. The highest BCUT2D eigenvalue weighted by Crippen LogP contribution is 2.44. The van der Waals surface area contributed by atoms with Crippen LogP contribution in [0.25, 0.3) is 0 Å². The number of rotatable bonds is 6. The first-order chi connectivity index (χ1) is 16.3. The molecule has 0 spiro atoms. The van der Waals surface area contributed by atoms with Crippen molar-refractivity contribution in [1.29, 1.82) is 0 Å². The Labute approximate surface area is 203 Å². The summed E-state index contributed by atoms with van der Waals surface area (Å²) in [5.41, 5.74) is 1.52. The van der Waals surface area contributed by atoms with Crippen LogP contribution in [0.4, 0.5) is 26.3 Å². The molecule has 0 saturated carbocycles. The number of sulfone groups is 1. The number of nitrogens with zero attached hydrogens (tertiary/aromatic N) is 2.